The summed E-state index contributed by atoms with van der Waals surface area (Å²) in [5, 5.41) is 15.9. The summed E-state index contributed by atoms with van der Waals surface area (Å²) in [4.78, 5) is 59.3. The molecule has 0 aliphatic carbocycles. The standard InChI is InChI=1S/C17H19ClN4O6/c1-17(2,9-18)16(26)20-6-5-19-13(23)8-21-14(24)11-4-3-10(22(27)28)7-12(11)15(21)25/h3-4,7H,5-6,8-9H2,1-2H3,(H,19,23)(H,20,26). The molecule has 1 heterocycles. The van der Waals surface area contributed by atoms with Crippen LogP contribution in [0.2, 0.25) is 0 Å². The first-order valence-corrected chi connectivity index (χ1v) is 8.87. The molecule has 10 nitrogen and oxygen atoms in total. The Hall–Kier alpha value is -3.01. The number of hydrogen-bond acceptors (Lipinski definition) is 6. The van der Waals surface area contributed by atoms with Gasteiger partial charge in [0, 0.05) is 31.1 Å². The number of alkyl halides is 1. The Morgan fingerprint density at radius 2 is 1.75 bits per heavy atom. The van der Waals surface area contributed by atoms with Crippen LogP contribution in [-0.4, -0.2) is 59.0 Å². The van der Waals surface area contributed by atoms with Crippen LogP contribution in [-0.2, 0) is 9.59 Å². The maximum Gasteiger partial charge on any atom is 0.270 e. The van der Waals surface area contributed by atoms with Crippen molar-refractivity contribution < 1.29 is 24.1 Å². The lowest BCUT2D eigenvalue weighted by atomic mass is 9.95. The second-order valence-corrected chi connectivity index (χ2v) is 7.07. The van der Waals surface area contributed by atoms with Gasteiger partial charge < -0.3 is 10.6 Å². The number of imide groups is 1. The van der Waals surface area contributed by atoms with Crippen molar-refractivity contribution in [1.82, 2.24) is 15.5 Å². The molecule has 0 saturated heterocycles. The van der Waals surface area contributed by atoms with Gasteiger partial charge in [-0.05, 0) is 19.9 Å². The van der Waals surface area contributed by atoms with Crippen LogP contribution in [0.3, 0.4) is 0 Å². The van der Waals surface area contributed by atoms with Crippen molar-refractivity contribution in [2.45, 2.75) is 13.8 Å². The minimum atomic E-state index is -0.768. The second kappa shape index (κ2) is 8.34. The fourth-order valence-corrected chi connectivity index (χ4v) is 2.53. The number of nitro benzene ring substituents is 1. The molecule has 0 saturated carbocycles. The summed E-state index contributed by atoms with van der Waals surface area (Å²) >= 11 is 5.70. The van der Waals surface area contributed by atoms with Crippen LogP contribution < -0.4 is 10.6 Å². The Morgan fingerprint density at radius 3 is 2.36 bits per heavy atom. The third-order valence-corrected chi connectivity index (χ3v) is 4.82. The van der Waals surface area contributed by atoms with E-state index in [2.05, 4.69) is 10.6 Å². The van der Waals surface area contributed by atoms with Crippen molar-refractivity contribution >= 4 is 40.9 Å². The lowest BCUT2D eigenvalue weighted by Gasteiger charge is -2.20. The van der Waals surface area contributed by atoms with Crippen LogP contribution in [0, 0.1) is 15.5 Å². The van der Waals surface area contributed by atoms with Crippen LogP contribution >= 0.6 is 11.6 Å². The van der Waals surface area contributed by atoms with E-state index < -0.39 is 34.6 Å². The first kappa shape index (κ1) is 21.3. The molecule has 2 rings (SSSR count). The number of carbonyl (C=O) groups excluding carboxylic acids is 4. The molecular weight excluding hydrogens is 392 g/mol. The Morgan fingerprint density at radius 1 is 1.14 bits per heavy atom. The van der Waals surface area contributed by atoms with Gasteiger partial charge in [-0.1, -0.05) is 0 Å². The van der Waals surface area contributed by atoms with Crippen molar-refractivity contribution in [2.24, 2.45) is 5.41 Å². The van der Waals surface area contributed by atoms with Gasteiger partial charge in [-0.15, -0.1) is 11.6 Å². The van der Waals surface area contributed by atoms with Crippen LogP contribution in [0.15, 0.2) is 18.2 Å². The molecule has 1 aliphatic heterocycles. The summed E-state index contributed by atoms with van der Waals surface area (Å²) in [6, 6.07) is 3.33. The van der Waals surface area contributed by atoms with Crippen molar-refractivity contribution in [3.05, 3.63) is 39.4 Å². The van der Waals surface area contributed by atoms with Crippen molar-refractivity contribution in [2.75, 3.05) is 25.5 Å². The number of fused-ring (bicyclic) bond motifs is 1. The van der Waals surface area contributed by atoms with Gasteiger partial charge in [-0.3, -0.25) is 34.2 Å². The second-order valence-electron chi connectivity index (χ2n) is 6.81. The molecule has 0 unspecified atom stereocenters. The number of nitrogens with zero attached hydrogens (tertiary/aromatic N) is 2. The molecule has 1 aromatic carbocycles. The Balaban J connectivity index is 1.89. The summed E-state index contributed by atoms with van der Waals surface area (Å²) in [5.74, 6) is -2.19. The summed E-state index contributed by atoms with van der Waals surface area (Å²) in [5.41, 5.74) is -1.16. The van der Waals surface area contributed by atoms with Crippen molar-refractivity contribution in [3.8, 4) is 0 Å². The molecule has 4 amide bonds. The Kier molecular flexibility index (Phi) is 6.34. The predicted octanol–water partition coefficient (Wildman–Crippen LogP) is 0.688. The third kappa shape index (κ3) is 4.45. The highest BCUT2D eigenvalue weighted by atomic mass is 35.5. The lowest BCUT2D eigenvalue weighted by molar-refractivity contribution is -0.384. The number of non-ortho nitro benzene ring substituents is 1. The Labute approximate surface area is 165 Å². The predicted molar refractivity (Wildman–Crippen MR) is 99.0 cm³/mol. The molecule has 11 heteroatoms. The molecular formula is C17H19ClN4O6. The van der Waals surface area contributed by atoms with Crippen LogP contribution in [0.5, 0.6) is 0 Å². The van der Waals surface area contributed by atoms with Gasteiger partial charge in [0.05, 0.1) is 21.5 Å². The normalized spacial score (nSPS) is 13.3. The highest BCUT2D eigenvalue weighted by Gasteiger charge is 2.37. The quantitative estimate of drug-likeness (QED) is 0.212. The molecule has 0 radical (unpaired) electrons. The molecule has 0 bridgehead atoms. The van der Waals surface area contributed by atoms with E-state index in [1.807, 2.05) is 0 Å². The summed E-state index contributed by atoms with van der Waals surface area (Å²) in [7, 11) is 0. The van der Waals surface area contributed by atoms with Gasteiger partial charge in [0.15, 0.2) is 0 Å². The van der Waals surface area contributed by atoms with Gasteiger partial charge in [-0.2, -0.15) is 0 Å². The fraction of sp³-hybridized carbons (Fsp3) is 0.412. The number of halogens is 1. The fourth-order valence-electron chi connectivity index (χ4n) is 2.41. The topological polar surface area (TPSA) is 139 Å². The van der Waals surface area contributed by atoms with Crippen LogP contribution in [0.4, 0.5) is 5.69 Å². The maximum atomic E-state index is 12.3. The number of benzene rings is 1. The van der Waals surface area contributed by atoms with Crippen molar-refractivity contribution in [3.63, 3.8) is 0 Å². The maximum absolute atomic E-state index is 12.3. The monoisotopic (exact) mass is 410 g/mol. The minimum Gasteiger partial charge on any atom is -0.354 e. The number of nitro groups is 1. The van der Waals surface area contributed by atoms with E-state index >= 15 is 0 Å². The molecule has 1 aromatic rings. The van der Waals surface area contributed by atoms with E-state index in [0.717, 1.165) is 17.0 Å². The van der Waals surface area contributed by atoms with E-state index in [-0.39, 0.29) is 41.7 Å². The zero-order chi connectivity index (χ0) is 21.1. The van der Waals surface area contributed by atoms with Gasteiger partial charge in [0.1, 0.15) is 6.54 Å². The number of carbonyl (C=O) groups is 4. The largest absolute Gasteiger partial charge is 0.354 e. The first-order chi connectivity index (χ1) is 13.1. The van der Waals surface area contributed by atoms with Gasteiger partial charge >= 0.3 is 0 Å². The van der Waals surface area contributed by atoms with E-state index in [4.69, 9.17) is 11.6 Å². The highest BCUT2D eigenvalue weighted by Crippen LogP contribution is 2.26. The van der Waals surface area contributed by atoms with Gasteiger partial charge in [0.25, 0.3) is 17.5 Å². The molecule has 0 spiro atoms. The van der Waals surface area contributed by atoms with E-state index in [0.29, 0.717) is 0 Å². The first-order valence-electron chi connectivity index (χ1n) is 8.34. The zero-order valence-electron chi connectivity index (χ0n) is 15.3. The number of hydrogen-bond donors (Lipinski definition) is 2. The molecule has 0 atom stereocenters. The lowest BCUT2D eigenvalue weighted by Crippen LogP contribution is -2.44. The summed E-state index contributed by atoms with van der Waals surface area (Å²) in [6.45, 7) is 3.08. The molecule has 0 fully saturated rings. The zero-order valence-corrected chi connectivity index (χ0v) is 16.0. The third-order valence-electron chi connectivity index (χ3n) is 4.15. The van der Waals surface area contributed by atoms with Crippen LogP contribution in [0.25, 0.3) is 0 Å². The van der Waals surface area contributed by atoms with Gasteiger partial charge in [-0.25, -0.2) is 0 Å². The number of amides is 4. The van der Waals surface area contributed by atoms with E-state index in [1.54, 1.807) is 13.8 Å². The highest BCUT2D eigenvalue weighted by molar-refractivity contribution is 6.22. The summed E-state index contributed by atoms with van der Waals surface area (Å²) in [6.07, 6.45) is 0. The van der Waals surface area contributed by atoms with Crippen molar-refractivity contribution in [1.29, 1.82) is 0 Å². The summed E-state index contributed by atoms with van der Waals surface area (Å²) < 4.78 is 0. The molecule has 2 N–H and O–H groups in total. The van der Waals surface area contributed by atoms with Crippen LogP contribution in [0.1, 0.15) is 34.6 Å². The molecule has 0 aromatic heterocycles. The molecule has 28 heavy (non-hydrogen) atoms. The SMILES string of the molecule is CC(C)(CCl)C(=O)NCCNC(=O)CN1C(=O)c2ccc([N+](=O)[O-])cc2C1=O. The smallest absolute Gasteiger partial charge is 0.270 e. The average molecular weight is 411 g/mol. The number of nitrogens with one attached hydrogen (secondary N) is 2. The molecule has 150 valence electrons. The average Bonchev–Trinajstić information content (AvgIpc) is 2.89. The number of rotatable bonds is 8. The van der Waals surface area contributed by atoms with Gasteiger partial charge in [0.2, 0.25) is 11.8 Å². The molecule has 1 aliphatic rings. The van der Waals surface area contributed by atoms with E-state index in [9.17, 15) is 29.3 Å². The van der Waals surface area contributed by atoms with E-state index in [1.165, 1.54) is 6.07 Å². The minimum absolute atomic E-state index is 0.0129. The Bertz CT molecular complexity index is 854.